The number of aromatic nitrogens is 4. The van der Waals surface area contributed by atoms with Crippen molar-refractivity contribution in [3.8, 4) is 0 Å². The first-order valence-electron chi connectivity index (χ1n) is 3.98. The van der Waals surface area contributed by atoms with Crippen LogP contribution in [0, 0.1) is 0 Å². The van der Waals surface area contributed by atoms with Crippen molar-refractivity contribution in [2.24, 2.45) is 7.05 Å². The van der Waals surface area contributed by atoms with Crippen molar-refractivity contribution in [2.75, 3.05) is 5.32 Å². The molecule has 0 saturated carbocycles. The second-order valence-electron chi connectivity index (χ2n) is 2.72. The summed E-state index contributed by atoms with van der Waals surface area (Å²) in [6.45, 7) is 0. The normalized spacial score (nSPS) is 10.1. The van der Waals surface area contributed by atoms with Crippen LogP contribution in [-0.4, -0.2) is 19.7 Å². The Morgan fingerprint density at radius 2 is 2.36 bits per heavy atom. The van der Waals surface area contributed by atoms with Crippen molar-refractivity contribution in [1.82, 2.24) is 19.7 Å². The third-order valence-electron chi connectivity index (χ3n) is 1.63. The Morgan fingerprint density at radius 1 is 1.50 bits per heavy atom. The molecule has 0 aliphatic rings. The average Bonchev–Trinajstić information content (AvgIpc) is 2.56. The Hall–Kier alpha value is -1.43. The topological polar surface area (TPSA) is 55.6 Å². The van der Waals surface area contributed by atoms with E-state index in [-0.39, 0.29) is 0 Å². The molecule has 0 unspecified atom stereocenters. The second-order valence-corrected chi connectivity index (χ2v) is 3.57. The van der Waals surface area contributed by atoms with Crippen LogP contribution in [0.5, 0.6) is 0 Å². The predicted octanol–water partition coefficient (Wildman–Crippen LogP) is 1.72. The summed E-state index contributed by atoms with van der Waals surface area (Å²) in [5, 5.41) is 7.23. The first-order valence-corrected chi connectivity index (χ1v) is 4.77. The van der Waals surface area contributed by atoms with Crippen molar-refractivity contribution in [1.29, 1.82) is 0 Å². The Kier molecular flexibility index (Phi) is 2.45. The van der Waals surface area contributed by atoms with E-state index in [1.54, 1.807) is 10.9 Å². The van der Waals surface area contributed by atoms with Crippen LogP contribution in [-0.2, 0) is 7.05 Å². The van der Waals surface area contributed by atoms with Crippen molar-refractivity contribution in [2.45, 2.75) is 0 Å². The van der Waals surface area contributed by atoms with Gasteiger partial charge in [0.25, 0.3) is 0 Å². The minimum Gasteiger partial charge on any atom is -0.322 e. The highest BCUT2D eigenvalue weighted by molar-refractivity contribution is 9.10. The van der Waals surface area contributed by atoms with Crippen LogP contribution in [0.3, 0.4) is 0 Å². The predicted molar refractivity (Wildman–Crippen MR) is 56.2 cm³/mol. The molecule has 0 aromatic carbocycles. The summed E-state index contributed by atoms with van der Waals surface area (Å²) in [6.07, 6.45) is 5.02. The molecule has 0 atom stereocenters. The number of hydrogen-bond donors (Lipinski definition) is 1. The first-order chi connectivity index (χ1) is 6.75. The zero-order valence-electron chi connectivity index (χ0n) is 7.48. The lowest BCUT2D eigenvalue weighted by Crippen LogP contribution is -1.97. The number of anilines is 2. The van der Waals surface area contributed by atoms with E-state index in [1.165, 1.54) is 6.33 Å². The maximum Gasteiger partial charge on any atom is 0.153 e. The molecule has 5 nitrogen and oxygen atoms in total. The van der Waals surface area contributed by atoms with Gasteiger partial charge in [0, 0.05) is 25.5 Å². The van der Waals surface area contributed by atoms with Gasteiger partial charge in [-0.2, -0.15) is 5.10 Å². The van der Waals surface area contributed by atoms with E-state index in [9.17, 15) is 0 Å². The van der Waals surface area contributed by atoms with Gasteiger partial charge in [0.2, 0.25) is 0 Å². The van der Waals surface area contributed by atoms with Gasteiger partial charge in [0.05, 0.1) is 4.47 Å². The maximum atomic E-state index is 4.17. The highest BCUT2D eigenvalue weighted by Gasteiger charge is 2.02. The van der Waals surface area contributed by atoms with Gasteiger partial charge in [-0.05, 0) is 15.9 Å². The van der Waals surface area contributed by atoms with Gasteiger partial charge in [-0.25, -0.2) is 9.97 Å². The third kappa shape index (κ3) is 1.90. The summed E-state index contributed by atoms with van der Waals surface area (Å²) in [6, 6.07) is 1.87. The maximum absolute atomic E-state index is 4.17. The smallest absolute Gasteiger partial charge is 0.153 e. The van der Waals surface area contributed by atoms with Crippen molar-refractivity contribution >= 4 is 27.6 Å². The van der Waals surface area contributed by atoms with E-state index in [0.717, 1.165) is 10.3 Å². The fourth-order valence-corrected chi connectivity index (χ4v) is 1.33. The molecule has 14 heavy (non-hydrogen) atoms. The molecule has 0 aliphatic carbocycles. The molecular weight excluding hydrogens is 246 g/mol. The van der Waals surface area contributed by atoms with Gasteiger partial charge >= 0.3 is 0 Å². The Morgan fingerprint density at radius 3 is 3.00 bits per heavy atom. The number of rotatable bonds is 2. The minimum atomic E-state index is 0.707. The number of nitrogens with one attached hydrogen (secondary N) is 1. The lowest BCUT2D eigenvalue weighted by Gasteiger charge is -2.02. The number of aryl methyl sites for hydroxylation is 1. The van der Waals surface area contributed by atoms with Crippen LogP contribution < -0.4 is 5.32 Å². The van der Waals surface area contributed by atoms with Crippen LogP contribution in [0.15, 0.2) is 29.3 Å². The Bertz CT molecular complexity index is 439. The van der Waals surface area contributed by atoms with Crippen LogP contribution >= 0.6 is 15.9 Å². The molecule has 2 heterocycles. The zero-order valence-corrected chi connectivity index (χ0v) is 9.06. The minimum absolute atomic E-state index is 0.707. The number of hydrogen-bond acceptors (Lipinski definition) is 4. The molecule has 0 radical (unpaired) electrons. The largest absolute Gasteiger partial charge is 0.322 e. The molecular formula is C8H8BrN5. The third-order valence-corrected chi connectivity index (χ3v) is 2.21. The summed E-state index contributed by atoms with van der Waals surface area (Å²) in [5.41, 5.74) is 0. The average molecular weight is 254 g/mol. The van der Waals surface area contributed by atoms with Gasteiger partial charge in [0.1, 0.15) is 12.1 Å². The molecule has 0 aliphatic heterocycles. The van der Waals surface area contributed by atoms with E-state index in [0.29, 0.717) is 5.82 Å². The van der Waals surface area contributed by atoms with Crippen LogP contribution in [0.2, 0.25) is 0 Å². The zero-order chi connectivity index (χ0) is 9.97. The standard InChI is InChI=1S/C8H8BrN5/c1-14-3-2-7(13-14)12-8-6(9)4-10-5-11-8/h2-5H,1H3,(H,10,11,12,13). The van der Waals surface area contributed by atoms with E-state index in [1.807, 2.05) is 19.3 Å². The highest BCUT2D eigenvalue weighted by Crippen LogP contribution is 2.20. The van der Waals surface area contributed by atoms with Crippen LogP contribution in [0.4, 0.5) is 11.6 Å². The van der Waals surface area contributed by atoms with Gasteiger partial charge in [-0.3, -0.25) is 4.68 Å². The van der Waals surface area contributed by atoms with Crippen molar-refractivity contribution in [3.63, 3.8) is 0 Å². The van der Waals surface area contributed by atoms with Gasteiger partial charge in [-0.15, -0.1) is 0 Å². The van der Waals surface area contributed by atoms with Crippen LogP contribution in [0.1, 0.15) is 0 Å². The summed E-state index contributed by atoms with van der Waals surface area (Å²) in [4.78, 5) is 7.93. The second kappa shape index (κ2) is 3.75. The molecule has 2 rings (SSSR count). The molecule has 0 amide bonds. The van der Waals surface area contributed by atoms with Crippen molar-refractivity contribution in [3.05, 3.63) is 29.3 Å². The lowest BCUT2D eigenvalue weighted by molar-refractivity contribution is 0.771. The molecule has 0 spiro atoms. The first kappa shape index (κ1) is 9.14. The Balaban J connectivity index is 2.23. The van der Waals surface area contributed by atoms with Crippen molar-refractivity contribution < 1.29 is 0 Å². The molecule has 0 saturated heterocycles. The summed E-state index contributed by atoms with van der Waals surface area (Å²) < 4.78 is 2.53. The molecule has 0 fully saturated rings. The van der Waals surface area contributed by atoms with E-state index in [2.05, 4.69) is 36.3 Å². The Labute approximate surface area is 89.3 Å². The van der Waals surface area contributed by atoms with Gasteiger partial charge in [0.15, 0.2) is 5.82 Å². The molecule has 0 bridgehead atoms. The quantitative estimate of drug-likeness (QED) is 0.886. The summed E-state index contributed by atoms with van der Waals surface area (Å²) in [5.74, 6) is 1.46. The lowest BCUT2D eigenvalue weighted by atomic mass is 10.5. The number of halogens is 1. The van der Waals surface area contributed by atoms with E-state index >= 15 is 0 Å². The summed E-state index contributed by atoms with van der Waals surface area (Å²) in [7, 11) is 1.86. The molecule has 2 aromatic heterocycles. The molecule has 2 aromatic rings. The monoisotopic (exact) mass is 253 g/mol. The fraction of sp³-hybridized carbons (Fsp3) is 0.125. The fourth-order valence-electron chi connectivity index (χ4n) is 1.01. The van der Waals surface area contributed by atoms with Gasteiger partial charge < -0.3 is 5.32 Å². The molecule has 1 N–H and O–H groups in total. The molecule has 72 valence electrons. The SMILES string of the molecule is Cn1ccc(Nc2ncncc2Br)n1. The number of nitrogens with zero attached hydrogens (tertiary/aromatic N) is 4. The summed E-state index contributed by atoms with van der Waals surface area (Å²) >= 11 is 3.34. The van der Waals surface area contributed by atoms with E-state index < -0.39 is 0 Å². The van der Waals surface area contributed by atoms with E-state index in [4.69, 9.17) is 0 Å². The van der Waals surface area contributed by atoms with Gasteiger partial charge in [-0.1, -0.05) is 0 Å². The van der Waals surface area contributed by atoms with Crippen LogP contribution in [0.25, 0.3) is 0 Å². The molecule has 6 heteroatoms. The highest BCUT2D eigenvalue weighted by atomic mass is 79.9.